The van der Waals surface area contributed by atoms with Gasteiger partial charge in [0.2, 0.25) is 29.5 Å². The number of amides is 6. The van der Waals surface area contributed by atoms with Gasteiger partial charge >= 0.3 is 0 Å². The molecule has 9 N–H and O–H groups in total. The van der Waals surface area contributed by atoms with Gasteiger partial charge in [0.05, 0.1) is 6.54 Å². The SMILES string of the molecule is CC(=O)N[C@@H](C)C(=O)N1[C@@H]2CC[C@H]1CC([C@H](N)Cc1cc(F)c(F)cc1F)C2.CC(=O)N[C@H](C)C(=O)N1[C@@H]2CC[C@H]1CC([C@H](N)Cc1cc(F)c(F)cc1F)C2.N[C@H](Cc1cc(F)c(F)cc1F)C1C[C@H]2CC[C@@H](C1)N2C(=O)CNC(=O)c1ccccc1. The zero-order valence-electron chi connectivity index (χ0n) is 49.7. The lowest BCUT2D eigenvalue weighted by atomic mass is 9.82. The van der Waals surface area contributed by atoms with Crippen LogP contribution in [0.25, 0.3) is 0 Å². The minimum absolute atomic E-state index is 0.0146. The van der Waals surface area contributed by atoms with Crippen LogP contribution in [0.3, 0.4) is 0 Å². The largest absolute Gasteiger partial charge is 0.345 e. The second-order valence-corrected chi connectivity index (χ2v) is 24.7. The number of nitrogens with zero attached hydrogens (tertiary/aromatic N) is 3. The first-order valence-electron chi connectivity index (χ1n) is 30.2. The first-order valence-corrected chi connectivity index (χ1v) is 30.2. The Hall–Kier alpha value is -7.05. The van der Waals surface area contributed by atoms with Crippen molar-refractivity contribution >= 4 is 35.4 Å². The van der Waals surface area contributed by atoms with Crippen molar-refractivity contribution in [1.29, 1.82) is 0 Å². The Morgan fingerprint density at radius 2 is 0.727 bits per heavy atom. The first-order chi connectivity index (χ1) is 41.7. The maximum Gasteiger partial charge on any atom is 0.251 e. The lowest BCUT2D eigenvalue weighted by Crippen LogP contribution is -2.55. The molecule has 0 radical (unpaired) electrons. The summed E-state index contributed by atoms with van der Waals surface area (Å²) >= 11 is 0. The fourth-order valence-corrected chi connectivity index (χ4v) is 14.4. The van der Waals surface area contributed by atoms with E-state index < -0.39 is 82.6 Å². The van der Waals surface area contributed by atoms with Crippen molar-refractivity contribution in [1.82, 2.24) is 30.7 Å². The lowest BCUT2D eigenvalue weighted by molar-refractivity contribution is -0.140. The maximum absolute atomic E-state index is 14.0. The summed E-state index contributed by atoms with van der Waals surface area (Å²) in [5.41, 5.74) is 19.6. The number of carbonyl (C=O) groups excluding carboxylic acids is 6. The number of piperidine rings is 3. The molecule has 14 atom stereocenters. The molecule has 4 aromatic carbocycles. The van der Waals surface area contributed by atoms with Crippen LogP contribution in [0.1, 0.15) is 132 Å². The molecule has 0 aliphatic carbocycles. The Labute approximate surface area is 506 Å². The summed E-state index contributed by atoms with van der Waals surface area (Å²) in [6.45, 7) is 6.03. The second-order valence-electron chi connectivity index (χ2n) is 24.7. The highest BCUT2D eigenvalue weighted by Gasteiger charge is 2.48. The van der Waals surface area contributed by atoms with Crippen molar-refractivity contribution in [3.05, 3.63) is 141 Å². The van der Waals surface area contributed by atoms with E-state index in [1.165, 1.54) is 13.8 Å². The Balaban J connectivity index is 0.000000172. The summed E-state index contributed by atoms with van der Waals surface area (Å²) in [4.78, 5) is 78.5. The van der Waals surface area contributed by atoms with E-state index in [0.717, 1.165) is 56.7 Å². The Morgan fingerprint density at radius 3 is 1.02 bits per heavy atom. The van der Waals surface area contributed by atoms with Crippen LogP contribution in [0.2, 0.25) is 0 Å². The van der Waals surface area contributed by atoms with Crippen LogP contribution in [0.4, 0.5) is 39.5 Å². The normalized spacial score (nSPS) is 25.0. The molecule has 24 heteroatoms. The molecule has 88 heavy (non-hydrogen) atoms. The van der Waals surface area contributed by atoms with E-state index in [1.54, 1.807) is 38.1 Å². The van der Waals surface area contributed by atoms with E-state index in [0.29, 0.717) is 62.3 Å². The van der Waals surface area contributed by atoms with Gasteiger partial charge in [-0.3, -0.25) is 28.8 Å². The fraction of sp³-hybridized carbons (Fsp3) is 0.531. The molecule has 6 amide bonds. The van der Waals surface area contributed by atoms with Crippen molar-refractivity contribution in [2.45, 2.75) is 190 Å². The van der Waals surface area contributed by atoms with Gasteiger partial charge in [-0.2, -0.15) is 0 Å². The number of benzene rings is 4. The van der Waals surface area contributed by atoms with Crippen molar-refractivity contribution in [3.8, 4) is 0 Å². The van der Waals surface area contributed by atoms with Crippen molar-refractivity contribution in [3.63, 3.8) is 0 Å². The summed E-state index contributed by atoms with van der Waals surface area (Å²) < 4.78 is 122. The van der Waals surface area contributed by atoms with Crippen molar-refractivity contribution in [2.24, 2.45) is 35.0 Å². The number of hydrogen-bond donors (Lipinski definition) is 6. The quantitative estimate of drug-likeness (QED) is 0.0477. The van der Waals surface area contributed by atoms with Gasteiger partial charge in [-0.25, -0.2) is 39.5 Å². The molecule has 6 bridgehead atoms. The number of halogens is 9. The van der Waals surface area contributed by atoms with Gasteiger partial charge in [-0.1, -0.05) is 18.2 Å². The molecule has 6 fully saturated rings. The molecule has 6 heterocycles. The van der Waals surface area contributed by atoms with E-state index in [1.807, 2.05) is 20.8 Å². The summed E-state index contributed by atoms with van der Waals surface area (Å²) in [5.74, 6) is -10.3. The van der Waals surface area contributed by atoms with Gasteiger partial charge in [0, 0.05) is 92.0 Å². The molecule has 4 aromatic rings. The van der Waals surface area contributed by atoms with Crippen LogP contribution >= 0.6 is 0 Å². The van der Waals surface area contributed by atoms with E-state index in [2.05, 4.69) is 16.0 Å². The highest BCUT2D eigenvalue weighted by molar-refractivity contribution is 5.96. The van der Waals surface area contributed by atoms with Crippen molar-refractivity contribution in [2.75, 3.05) is 6.54 Å². The molecule has 10 rings (SSSR count). The third kappa shape index (κ3) is 16.0. The van der Waals surface area contributed by atoms with E-state index >= 15 is 0 Å². The third-order valence-electron chi connectivity index (χ3n) is 18.6. The Kier molecular flexibility index (Phi) is 22.1. The molecule has 478 valence electrons. The smallest absolute Gasteiger partial charge is 0.251 e. The molecule has 0 aromatic heterocycles. The average Bonchev–Trinajstić information content (AvgIpc) is 2.42. The molecule has 0 saturated carbocycles. The van der Waals surface area contributed by atoms with Gasteiger partial charge in [0.15, 0.2) is 34.9 Å². The number of nitrogens with one attached hydrogen (secondary N) is 3. The van der Waals surface area contributed by atoms with Gasteiger partial charge in [-0.15, -0.1) is 0 Å². The zero-order chi connectivity index (χ0) is 64.0. The van der Waals surface area contributed by atoms with Crippen LogP contribution in [0, 0.1) is 70.1 Å². The van der Waals surface area contributed by atoms with Crippen LogP contribution in [-0.2, 0) is 43.2 Å². The minimum atomic E-state index is -1.22. The fourth-order valence-electron chi connectivity index (χ4n) is 14.4. The summed E-state index contributed by atoms with van der Waals surface area (Å²) in [6, 6.07) is 10.7. The molecule has 3 unspecified atom stereocenters. The highest BCUT2D eigenvalue weighted by Crippen LogP contribution is 2.43. The highest BCUT2D eigenvalue weighted by atomic mass is 19.2. The number of rotatable bonds is 16. The van der Waals surface area contributed by atoms with Crippen molar-refractivity contribution < 1.29 is 68.3 Å². The molecule has 6 aliphatic rings. The number of carbonyl (C=O) groups is 6. The second kappa shape index (κ2) is 29.1. The standard InChI is InChI=1S/C24H26F3N3O2.2C20H26F3N3O2/c25-19-12-21(27)20(26)10-15(19)11-22(28)16-8-17-6-7-18(9-16)30(17)23(31)13-29-24(32)14-4-2-1-3-5-14;2*1-10(25-11(2)27)20(28)26-14-3-4-15(26)6-13(5-14)19(24)8-12-7-17(22)18(23)9-16(12)21/h1-5,10,12,16-18,22H,6-9,11,13,28H2,(H,29,32);2*7,9-10,13-15,19H,3-6,8,24H2,1-2H3,(H,25,27)/t16?,17-,18+,22-;10-,13?,14-,15+,19+;10-,13?,14-,15+,19-/m101/s1. The Morgan fingerprint density at radius 1 is 0.443 bits per heavy atom. The van der Waals surface area contributed by atoms with Gasteiger partial charge in [-0.05, 0) is 175 Å². The molecule has 6 aliphatic heterocycles. The molecule has 6 saturated heterocycles. The first kappa shape index (κ1) is 66.9. The van der Waals surface area contributed by atoms with Gasteiger partial charge in [0.25, 0.3) is 5.91 Å². The van der Waals surface area contributed by atoms with Crippen LogP contribution < -0.4 is 33.2 Å². The number of nitrogens with two attached hydrogens (primary N) is 3. The maximum atomic E-state index is 14.0. The number of hydrogen-bond acceptors (Lipinski definition) is 9. The predicted molar refractivity (Wildman–Crippen MR) is 308 cm³/mol. The third-order valence-corrected chi connectivity index (χ3v) is 18.6. The van der Waals surface area contributed by atoms with Crippen LogP contribution in [0.15, 0.2) is 66.7 Å². The molecular weight excluding hydrogens is 1160 g/mol. The predicted octanol–water partition coefficient (Wildman–Crippen LogP) is 7.71. The monoisotopic (exact) mass is 1240 g/mol. The molecular formula is C64H78F9N9O6. The summed E-state index contributed by atoms with van der Waals surface area (Å²) in [6.07, 6.45) is 9.57. The Bertz CT molecular complexity index is 3030. The van der Waals surface area contributed by atoms with E-state index in [4.69, 9.17) is 17.2 Å². The lowest BCUT2D eigenvalue weighted by Gasteiger charge is -2.42. The van der Waals surface area contributed by atoms with Crippen LogP contribution in [-0.4, -0.2) is 123 Å². The van der Waals surface area contributed by atoms with Crippen LogP contribution in [0.5, 0.6) is 0 Å². The van der Waals surface area contributed by atoms with Gasteiger partial charge < -0.3 is 47.9 Å². The molecule has 15 nitrogen and oxygen atoms in total. The summed E-state index contributed by atoms with van der Waals surface area (Å²) in [7, 11) is 0. The van der Waals surface area contributed by atoms with E-state index in [9.17, 15) is 68.3 Å². The average molecular weight is 1240 g/mol. The minimum Gasteiger partial charge on any atom is -0.345 e. The summed E-state index contributed by atoms with van der Waals surface area (Å²) in [5, 5.41) is 7.94. The number of fused-ring (bicyclic) bond motifs is 6. The van der Waals surface area contributed by atoms with Gasteiger partial charge in [0.1, 0.15) is 29.5 Å². The van der Waals surface area contributed by atoms with E-state index in [-0.39, 0.29) is 132 Å². The zero-order valence-corrected chi connectivity index (χ0v) is 49.7. The topological polar surface area (TPSA) is 226 Å². The molecule has 0 spiro atoms.